The molecular weight excluding hydrogens is 446 g/mol. The van der Waals surface area contributed by atoms with Crippen molar-refractivity contribution in [2.24, 2.45) is 0 Å². The summed E-state index contributed by atoms with van der Waals surface area (Å²) < 4.78 is 9.82. The zero-order valence-corrected chi connectivity index (χ0v) is 18.5. The van der Waals surface area contributed by atoms with Crippen LogP contribution < -0.4 is 10.6 Å². The van der Waals surface area contributed by atoms with Gasteiger partial charge in [0.25, 0.3) is 5.91 Å². The van der Waals surface area contributed by atoms with Crippen LogP contribution in [-0.4, -0.2) is 65.2 Å². The summed E-state index contributed by atoms with van der Waals surface area (Å²) in [6, 6.07) is 5.55. The average Bonchev–Trinajstić information content (AvgIpc) is 2.83. The van der Waals surface area contributed by atoms with E-state index in [9.17, 15) is 29.1 Å². The van der Waals surface area contributed by atoms with E-state index in [1.807, 2.05) is 0 Å². The molecule has 0 spiro atoms. The number of nitrogens with one attached hydrogen (secondary N) is 2. The summed E-state index contributed by atoms with van der Waals surface area (Å²) in [4.78, 5) is 63.0. The van der Waals surface area contributed by atoms with Gasteiger partial charge in [-0.2, -0.15) is 0 Å². The summed E-state index contributed by atoms with van der Waals surface area (Å²) in [5, 5.41) is 14.7. The Morgan fingerprint density at radius 3 is 2.56 bits per heavy atom. The van der Waals surface area contributed by atoms with E-state index in [1.165, 1.54) is 6.08 Å². The number of carboxylic acids is 1. The summed E-state index contributed by atoms with van der Waals surface area (Å²) in [5.74, 6) is -3.56. The van der Waals surface area contributed by atoms with E-state index in [1.54, 1.807) is 37.3 Å². The number of amides is 3. The average molecular weight is 471 g/mol. The second kappa shape index (κ2) is 10.6. The summed E-state index contributed by atoms with van der Waals surface area (Å²) in [7, 11) is 0. The number of hydrogen-bond acceptors (Lipinski definition) is 7. The minimum atomic E-state index is -1.43. The van der Waals surface area contributed by atoms with Gasteiger partial charge in [0.15, 0.2) is 0 Å². The number of carbonyl (C=O) groups is 5. The van der Waals surface area contributed by atoms with E-state index in [-0.39, 0.29) is 31.6 Å². The van der Waals surface area contributed by atoms with Crippen LogP contribution in [0, 0.1) is 0 Å². The Kier molecular flexibility index (Phi) is 7.67. The highest BCUT2D eigenvalue weighted by molar-refractivity contribution is 6.06. The van der Waals surface area contributed by atoms with Gasteiger partial charge in [0.2, 0.25) is 5.91 Å². The minimum absolute atomic E-state index is 0.0554. The van der Waals surface area contributed by atoms with E-state index in [0.717, 1.165) is 4.90 Å². The largest absolute Gasteiger partial charge is 0.477 e. The lowest BCUT2D eigenvalue weighted by molar-refractivity contribution is -0.157. The van der Waals surface area contributed by atoms with Crippen LogP contribution in [0.1, 0.15) is 31.4 Å². The maximum absolute atomic E-state index is 13.1. The first-order valence-electron chi connectivity index (χ1n) is 10.7. The highest BCUT2D eigenvalue weighted by Gasteiger charge is 2.54. The topological polar surface area (TPSA) is 151 Å². The Balaban J connectivity index is 1.78. The molecule has 3 amide bonds. The van der Waals surface area contributed by atoms with Gasteiger partial charge in [0, 0.05) is 0 Å². The van der Waals surface area contributed by atoms with Crippen molar-refractivity contribution in [3.63, 3.8) is 0 Å². The molecule has 34 heavy (non-hydrogen) atoms. The SMILES string of the molecule is C=CCOC(=O)NC(C(=O)N[C@@H]1C(=O)N2C(C(=O)O)=C(C(=O)OCC)CC[C@@H]12)c1ccccc1. The number of rotatable bonds is 9. The van der Waals surface area contributed by atoms with Crippen molar-refractivity contribution in [1.82, 2.24) is 15.5 Å². The molecular formula is C23H25N3O8. The number of carbonyl (C=O) groups excluding carboxylic acids is 4. The van der Waals surface area contributed by atoms with Crippen LogP contribution >= 0.6 is 0 Å². The maximum atomic E-state index is 13.1. The molecule has 2 aliphatic heterocycles. The standard InChI is InChI=1S/C23H25N3O8/c1-3-12-34-23(32)25-16(13-8-6-5-7-9-13)19(27)24-17-15-11-10-14(22(31)33-4-2)18(21(29)30)26(15)20(17)28/h3,5-9,15-17H,1,4,10-12H2,2H3,(H,24,27)(H,25,32)(H,29,30)/t15-,16?,17-/m0/s1. The van der Waals surface area contributed by atoms with Gasteiger partial charge in [-0.3, -0.25) is 14.5 Å². The second-order valence-electron chi connectivity index (χ2n) is 7.53. The highest BCUT2D eigenvalue weighted by Crippen LogP contribution is 2.37. The molecule has 1 fully saturated rings. The quantitative estimate of drug-likeness (QED) is 0.274. The molecule has 3 N–H and O–H groups in total. The van der Waals surface area contributed by atoms with Gasteiger partial charge in [-0.25, -0.2) is 14.4 Å². The third kappa shape index (κ3) is 4.92. The predicted molar refractivity (Wildman–Crippen MR) is 117 cm³/mol. The van der Waals surface area contributed by atoms with Gasteiger partial charge >= 0.3 is 18.0 Å². The molecule has 1 unspecified atom stereocenters. The first kappa shape index (κ1) is 24.5. The van der Waals surface area contributed by atoms with Crippen molar-refractivity contribution in [2.75, 3.05) is 13.2 Å². The van der Waals surface area contributed by atoms with E-state index in [4.69, 9.17) is 9.47 Å². The molecule has 1 saturated heterocycles. The number of β-lactam (4-membered cyclic amide) rings is 1. The van der Waals surface area contributed by atoms with Crippen molar-refractivity contribution in [2.45, 2.75) is 37.9 Å². The summed E-state index contributed by atoms with van der Waals surface area (Å²) in [6.45, 7) is 5.05. The smallest absolute Gasteiger partial charge is 0.408 e. The highest BCUT2D eigenvalue weighted by atomic mass is 16.5. The number of benzene rings is 1. The van der Waals surface area contributed by atoms with Gasteiger partial charge in [-0.1, -0.05) is 43.0 Å². The lowest BCUT2D eigenvalue weighted by atomic mass is 9.83. The molecule has 0 aliphatic carbocycles. The fraction of sp³-hybridized carbons (Fsp3) is 0.348. The molecule has 2 heterocycles. The van der Waals surface area contributed by atoms with E-state index < -0.39 is 53.7 Å². The third-order valence-electron chi connectivity index (χ3n) is 5.45. The summed E-state index contributed by atoms with van der Waals surface area (Å²) in [5.41, 5.74) is -0.0630. The molecule has 1 aromatic rings. The van der Waals surface area contributed by atoms with Crippen LogP contribution in [0.5, 0.6) is 0 Å². The van der Waals surface area contributed by atoms with Gasteiger partial charge < -0.3 is 25.2 Å². The predicted octanol–water partition coefficient (Wildman–Crippen LogP) is 1.03. The van der Waals surface area contributed by atoms with Gasteiger partial charge in [-0.05, 0) is 25.3 Å². The van der Waals surface area contributed by atoms with Crippen molar-refractivity contribution >= 4 is 29.8 Å². The normalized spacial score (nSPS) is 19.8. The number of nitrogens with zero attached hydrogens (tertiary/aromatic N) is 1. The Bertz CT molecular complexity index is 1040. The number of aliphatic carboxylic acids is 1. The fourth-order valence-corrected chi connectivity index (χ4v) is 3.96. The van der Waals surface area contributed by atoms with Crippen LogP contribution in [0.4, 0.5) is 4.79 Å². The lowest BCUT2D eigenvalue weighted by Crippen LogP contribution is -2.72. The van der Waals surface area contributed by atoms with Crippen molar-refractivity contribution in [3.8, 4) is 0 Å². The van der Waals surface area contributed by atoms with Crippen molar-refractivity contribution in [3.05, 3.63) is 59.8 Å². The van der Waals surface area contributed by atoms with Crippen LogP contribution in [0.25, 0.3) is 0 Å². The molecule has 0 saturated carbocycles. The molecule has 180 valence electrons. The van der Waals surface area contributed by atoms with Crippen LogP contribution in [0.15, 0.2) is 54.3 Å². The zero-order chi connectivity index (χ0) is 24.8. The summed E-state index contributed by atoms with van der Waals surface area (Å²) in [6.07, 6.45) is 0.861. The van der Waals surface area contributed by atoms with Gasteiger partial charge in [0.1, 0.15) is 24.4 Å². The van der Waals surface area contributed by atoms with E-state index in [2.05, 4.69) is 17.2 Å². The Hall–Kier alpha value is -4.15. The van der Waals surface area contributed by atoms with Crippen molar-refractivity contribution in [1.29, 1.82) is 0 Å². The lowest BCUT2D eigenvalue weighted by Gasteiger charge is -2.50. The minimum Gasteiger partial charge on any atom is -0.477 e. The number of hydrogen-bond donors (Lipinski definition) is 3. The summed E-state index contributed by atoms with van der Waals surface area (Å²) >= 11 is 0. The number of alkyl carbamates (subject to hydrolysis) is 1. The monoisotopic (exact) mass is 471 g/mol. The maximum Gasteiger partial charge on any atom is 0.408 e. The molecule has 3 rings (SSSR count). The number of fused-ring (bicyclic) bond motifs is 1. The molecule has 1 aromatic carbocycles. The van der Waals surface area contributed by atoms with E-state index in [0.29, 0.717) is 5.56 Å². The molecule has 3 atom stereocenters. The van der Waals surface area contributed by atoms with Crippen LogP contribution in [0.3, 0.4) is 0 Å². The molecule has 0 bridgehead atoms. The Morgan fingerprint density at radius 1 is 1.24 bits per heavy atom. The van der Waals surface area contributed by atoms with Gasteiger partial charge in [0.05, 0.1) is 18.2 Å². The molecule has 11 heteroatoms. The number of carboxylic acid groups (broad SMARTS) is 1. The Labute approximate surface area is 195 Å². The van der Waals surface area contributed by atoms with E-state index >= 15 is 0 Å². The molecule has 0 aromatic heterocycles. The van der Waals surface area contributed by atoms with Crippen molar-refractivity contribution < 1.29 is 38.6 Å². The molecule has 0 radical (unpaired) electrons. The fourth-order valence-electron chi connectivity index (χ4n) is 3.96. The number of esters is 1. The zero-order valence-electron chi connectivity index (χ0n) is 18.5. The first-order chi connectivity index (χ1) is 16.3. The second-order valence-corrected chi connectivity index (χ2v) is 7.53. The third-order valence-corrected chi connectivity index (χ3v) is 5.45. The Morgan fingerprint density at radius 2 is 1.94 bits per heavy atom. The van der Waals surface area contributed by atoms with Crippen LogP contribution in [0.2, 0.25) is 0 Å². The molecule has 11 nitrogen and oxygen atoms in total. The number of ether oxygens (including phenoxy) is 2. The molecule has 2 aliphatic rings. The first-order valence-corrected chi connectivity index (χ1v) is 10.7. The van der Waals surface area contributed by atoms with Crippen LogP contribution in [-0.2, 0) is 28.7 Å². The van der Waals surface area contributed by atoms with Gasteiger partial charge in [-0.15, -0.1) is 0 Å².